The molecule has 2 heterocycles. The molecule has 0 aliphatic carbocycles. The fourth-order valence-corrected chi connectivity index (χ4v) is 2.85. The fourth-order valence-electron chi connectivity index (χ4n) is 2.73. The summed E-state index contributed by atoms with van der Waals surface area (Å²) in [7, 11) is 0. The second kappa shape index (κ2) is 8.62. The number of carbonyl (C=O) groups excluding carboxylic acids is 2. The summed E-state index contributed by atoms with van der Waals surface area (Å²) in [4.78, 5) is 35.2. The highest BCUT2D eigenvalue weighted by Crippen LogP contribution is 2.11. The van der Waals surface area contributed by atoms with Crippen LogP contribution in [-0.4, -0.2) is 64.8 Å². The van der Waals surface area contributed by atoms with E-state index in [1.54, 1.807) is 22.1 Å². The number of piperazine rings is 1. The Balaban J connectivity index is 1.55. The lowest BCUT2D eigenvalue weighted by Crippen LogP contribution is -2.48. The third-order valence-electron chi connectivity index (χ3n) is 4.24. The third-order valence-corrected chi connectivity index (χ3v) is 4.49. The number of rotatable bonds is 6. The van der Waals surface area contributed by atoms with Crippen LogP contribution in [0.1, 0.15) is 16.1 Å². The highest BCUT2D eigenvalue weighted by atomic mass is 35.5. The Morgan fingerprint density at radius 3 is 2.58 bits per heavy atom. The van der Waals surface area contributed by atoms with E-state index in [2.05, 4.69) is 15.3 Å². The number of nitrogens with zero attached hydrogens (tertiary/aromatic N) is 4. The predicted molar refractivity (Wildman–Crippen MR) is 99.2 cm³/mol. The molecule has 0 spiro atoms. The van der Waals surface area contributed by atoms with Gasteiger partial charge in [0, 0.05) is 43.9 Å². The van der Waals surface area contributed by atoms with Crippen molar-refractivity contribution in [1.82, 2.24) is 19.8 Å². The summed E-state index contributed by atoms with van der Waals surface area (Å²) in [6, 6.07) is 9.28. The van der Waals surface area contributed by atoms with Crippen LogP contribution in [0.5, 0.6) is 0 Å². The normalized spacial score (nSPS) is 14.2. The van der Waals surface area contributed by atoms with Crippen LogP contribution in [-0.2, 0) is 11.2 Å². The zero-order chi connectivity index (χ0) is 18.4. The summed E-state index contributed by atoms with van der Waals surface area (Å²) in [6.07, 6.45) is 3.19. The second-order valence-corrected chi connectivity index (χ2v) is 6.44. The molecule has 1 aliphatic heterocycles. The molecule has 1 aliphatic rings. The molecule has 7 nitrogen and oxygen atoms in total. The summed E-state index contributed by atoms with van der Waals surface area (Å²) in [6.45, 7) is 2.78. The highest BCUT2D eigenvalue weighted by molar-refractivity contribution is 6.30. The van der Waals surface area contributed by atoms with Gasteiger partial charge in [-0.05, 0) is 30.2 Å². The molecule has 3 rings (SSSR count). The van der Waals surface area contributed by atoms with Gasteiger partial charge >= 0.3 is 0 Å². The topological polar surface area (TPSA) is 78.4 Å². The van der Waals surface area contributed by atoms with Crippen LogP contribution < -0.4 is 5.32 Å². The molecular weight excluding hydrogens is 354 g/mol. The lowest BCUT2D eigenvalue weighted by molar-refractivity contribution is -0.119. The van der Waals surface area contributed by atoms with Gasteiger partial charge in [-0.25, -0.2) is 9.97 Å². The van der Waals surface area contributed by atoms with Crippen molar-refractivity contribution in [3.8, 4) is 0 Å². The number of amides is 2. The number of hydrogen-bond donors (Lipinski definition) is 1. The van der Waals surface area contributed by atoms with Gasteiger partial charge in [0.1, 0.15) is 5.69 Å². The van der Waals surface area contributed by atoms with Crippen molar-refractivity contribution in [2.45, 2.75) is 6.42 Å². The number of nitrogens with one attached hydrogen (secondary N) is 1. The van der Waals surface area contributed by atoms with Crippen molar-refractivity contribution in [2.24, 2.45) is 0 Å². The van der Waals surface area contributed by atoms with Crippen LogP contribution in [0, 0.1) is 0 Å². The molecule has 0 atom stereocenters. The van der Waals surface area contributed by atoms with Crippen LogP contribution in [0.3, 0.4) is 0 Å². The Bertz CT molecular complexity index is 760. The maximum atomic E-state index is 12.6. The van der Waals surface area contributed by atoms with E-state index in [1.807, 2.05) is 24.3 Å². The smallest absolute Gasteiger partial charge is 0.272 e. The molecular formula is C18H20ClN5O2. The number of hydrogen-bond acceptors (Lipinski definition) is 5. The lowest BCUT2D eigenvalue weighted by Gasteiger charge is -2.32. The molecule has 0 radical (unpaired) electrons. The Hall–Kier alpha value is -2.67. The van der Waals surface area contributed by atoms with Gasteiger partial charge in [0.2, 0.25) is 12.4 Å². The zero-order valence-corrected chi connectivity index (χ0v) is 15.0. The monoisotopic (exact) mass is 373 g/mol. The molecule has 0 saturated carbocycles. The van der Waals surface area contributed by atoms with E-state index in [1.165, 1.54) is 0 Å². The average Bonchev–Trinajstić information content (AvgIpc) is 2.69. The minimum absolute atomic E-state index is 0.140. The molecule has 1 aromatic carbocycles. The molecule has 1 fully saturated rings. The predicted octanol–water partition coefficient (Wildman–Crippen LogP) is 1.70. The van der Waals surface area contributed by atoms with Crippen molar-refractivity contribution in [2.75, 3.05) is 38.0 Å². The summed E-state index contributed by atoms with van der Waals surface area (Å²) in [5.74, 6) is 0.287. The number of anilines is 1. The van der Waals surface area contributed by atoms with Gasteiger partial charge in [-0.15, -0.1) is 0 Å². The first-order valence-corrected chi connectivity index (χ1v) is 8.83. The molecule has 0 bridgehead atoms. The lowest BCUT2D eigenvalue weighted by atomic mass is 10.1. The van der Waals surface area contributed by atoms with Crippen molar-refractivity contribution in [1.29, 1.82) is 0 Å². The van der Waals surface area contributed by atoms with Gasteiger partial charge < -0.3 is 15.1 Å². The number of aromatic nitrogens is 2. The molecule has 2 aromatic rings. The quantitative estimate of drug-likeness (QED) is 0.780. The molecule has 1 aromatic heterocycles. The molecule has 0 unspecified atom stereocenters. The average molecular weight is 374 g/mol. The van der Waals surface area contributed by atoms with Crippen molar-refractivity contribution in [3.05, 3.63) is 52.8 Å². The van der Waals surface area contributed by atoms with Gasteiger partial charge in [0.25, 0.3) is 5.91 Å². The number of halogens is 1. The van der Waals surface area contributed by atoms with Crippen LogP contribution in [0.4, 0.5) is 5.95 Å². The maximum Gasteiger partial charge on any atom is 0.272 e. The first-order valence-electron chi connectivity index (χ1n) is 8.46. The summed E-state index contributed by atoms with van der Waals surface area (Å²) in [5, 5.41) is 3.85. The molecule has 1 N–H and O–H groups in total. The Kier molecular flexibility index (Phi) is 6.01. The second-order valence-electron chi connectivity index (χ2n) is 6.00. The molecule has 8 heteroatoms. The summed E-state index contributed by atoms with van der Waals surface area (Å²) in [5.41, 5.74) is 1.51. The van der Waals surface area contributed by atoms with Crippen LogP contribution in [0.2, 0.25) is 5.02 Å². The zero-order valence-electron chi connectivity index (χ0n) is 14.3. The first-order chi connectivity index (χ1) is 12.7. The van der Waals surface area contributed by atoms with Crippen LogP contribution in [0.15, 0.2) is 36.5 Å². The Labute approximate surface area is 157 Å². The number of carbonyl (C=O) groups is 2. The fraction of sp³-hybridized carbons (Fsp3) is 0.333. The van der Waals surface area contributed by atoms with Gasteiger partial charge in [-0.3, -0.25) is 9.59 Å². The van der Waals surface area contributed by atoms with Crippen LogP contribution in [0.25, 0.3) is 0 Å². The van der Waals surface area contributed by atoms with E-state index in [4.69, 9.17) is 11.6 Å². The third kappa shape index (κ3) is 4.70. The molecule has 2 amide bonds. The van der Waals surface area contributed by atoms with Crippen molar-refractivity contribution in [3.63, 3.8) is 0 Å². The van der Waals surface area contributed by atoms with E-state index >= 15 is 0 Å². The standard InChI is InChI=1S/C18H20ClN5O2/c19-15-3-1-14(2-4-15)5-7-20-18-21-8-6-16(22-18)17(26)24-11-9-23(13-25)10-12-24/h1-4,6,8,13H,5,7,9-12H2,(H,20,21,22). The molecule has 136 valence electrons. The summed E-state index contributed by atoms with van der Waals surface area (Å²) < 4.78 is 0. The van der Waals surface area contributed by atoms with Gasteiger partial charge in [0.15, 0.2) is 0 Å². The van der Waals surface area contributed by atoms with Crippen LogP contribution >= 0.6 is 11.6 Å². The molecule has 1 saturated heterocycles. The minimum Gasteiger partial charge on any atom is -0.354 e. The Morgan fingerprint density at radius 2 is 1.88 bits per heavy atom. The van der Waals surface area contributed by atoms with Crippen molar-refractivity contribution < 1.29 is 9.59 Å². The summed E-state index contributed by atoms with van der Waals surface area (Å²) >= 11 is 5.88. The SMILES string of the molecule is O=CN1CCN(C(=O)c2ccnc(NCCc3ccc(Cl)cc3)n2)CC1. The first kappa shape index (κ1) is 18.1. The van der Waals surface area contributed by atoms with E-state index in [0.29, 0.717) is 49.4 Å². The minimum atomic E-state index is -0.140. The maximum absolute atomic E-state index is 12.6. The van der Waals surface area contributed by atoms with E-state index < -0.39 is 0 Å². The van der Waals surface area contributed by atoms with Gasteiger partial charge in [0.05, 0.1) is 0 Å². The van der Waals surface area contributed by atoms with E-state index in [-0.39, 0.29) is 5.91 Å². The molecule has 26 heavy (non-hydrogen) atoms. The number of benzene rings is 1. The highest BCUT2D eigenvalue weighted by Gasteiger charge is 2.22. The largest absolute Gasteiger partial charge is 0.354 e. The van der Waals surface area contributed by atoms with E-state index in [0.717, 1.165) is 18.4 Å². The van der Waals surface area contributed by atoms with Crippen molar-refractivity contribution >= 4 is 29.9 Å². The van der Waals surface area contributed by atoms with Gasteiger partial charge in [-0.2, -0.15) is 0 Å². The Morgan fingerprint density at radius 1 is 1.15 bits per heavy atom. The van der Waals surface area contributed by atoms with Gasteiger partial charge in [-0.1, -0.05) is 23.7 Å². The van der Waals surface area contributed by atoms with E-state index in [9.17, 15) is 9.59 Å².